The first-order chi connectivity index (χ1) is 10.5. The minimum Gasteiger partial charge on any atom is -0.282 e. The van der Waals surface area contributed by atoms with E-state index in [0.717, 1.165) is 27.5 Å². The van der Waals surface area contributed by atoms with Crippen LogP contribution in [0.25, 0.3) is 10.8 Å². The molecule has 0 saturated heterocycles. The van der Waals surface area contributed by atoms with E-state index in [4.69, 9.17) is 0 Å². The van der Waals surface area contributed by atoms with Crippen LogP contribution in [0.5, 0.6) is 0 Å². The van der Waals surface area contributed by atoms with Crippen LogP contribution in [-0.4, -0.2) is 13.0 Å². The topological polar surface area (TPSA) is 54.4 Å². The number of hydrogen-bond acceptors (Lipinski definition) is 2. The molecule has 0 heterocycles. The largest absolute Gasteiger partial charge is 0.294 e. The Balaban J connectivity index is 3.01. The predicted octanol–water partition coefficient (Wildman–Crippen LogP) is 5.46. The Morgan fingerprint density at radius 3 is 1.83 bits per heavy atom. The maximum atomic E-state index is 12.0. The first-order valence-corrected chi connectivity index (χ1v) is 9.56. The Kier molecular flexibility index (Phi) is 4.88. The smallest absolute Gasteiger partial charge is 0.282 e. The fourth-order valence-corrected chi connectivity index (χ4v) is 4.13. The Hall–Kier alpha value is -1.39. The molecule has 0 bridgehead atoms. The summed E-state index contributed by atoms with van der Waals surface area (Å²) in [7, 11) is -4.26. The van der Waals surface area contributed by atoms with E-state index in [0.29, 0.717) is 5.92 Å². The summed E-state index contributed by atoms with van der Waals surface area (Å²) in [6.07, 6.45) is 0. The maximum Gasteiger partial charge on any atom is 0.294 e. The van der Waals surface area contributed by atoms with Crippen molar-refractivity contribution >= 4 is 20.9 Å². The van der Waals surface area contributed by atoms with Crippen LogP contribution in [0.15, 0.2) is 29.2 Å². The maximum absolute atomic E-state index is 12.0. The highest BCUT2D eigenvalue weighted by molar-refractivity contribution is 7.85. The molecule has 0 fully saturated rings. The molecule has 0 aliphatic carbocycles. The van der Waals surface area contributed by atoms with Crippen molar-refractivity contribution in [3.8, 4) is 0 Å². The minimum absolute atomic E-state index is 0.0125. The zero-order chi connectivity index (χ0) is 17.5. The summed E-state index contributed by atoms with van der Waals surface area (Å²) in [4.78, 5) is 0.0459. The molecule has 4 heteroatoms. The van der Waals surface area contributed by atoms with Crippen molar-refractivity contribution < 1.29 is 13.0 Å². The second-order valence-corrected chi connectivity index (χ2v) is 8.51. The molecule has 23 heavy (non-hydrogen) atoms. The van der Waals surface area contributed by atoms with E-state index in [-0.39, 0.29) is 16.7 Å². The number of rotatable bonds is 4. The summed E-state index contributed by atoms with van der Waals surface area (Å²) in [6, 6.07) is 7.85. The van der Waals surface area contributed by atoms with Gasteiger partial charge in [-0.25, -0.2) is 0 Å². The molecule has 2 aromatic rings. The van der Waals surface area contributed by atoms with Crippen molar-refractivity contribution in [2.75, 3.05) is 0 Å². The monoisotopic (exact) mass is 334 g/mol. The molecule has 2 aromatic carbocycles. The third kappa shape index (κ3) is 3.43. The second kappa shape index (κ2) is 6.25. The van der Waals surface area contributed by atoms with Crippen LogP contribution in [-0.2, 0) is 10.1 Å². The van der Waals surface area contributed by atoms with Gasteiger partial charge in [0.25, 0.3) is 10.1 Å². The van der Waals surface area contributed by atoms with E-state index in [1.54, 1.807) is 6.07 Å². The van der Waals surface area contributed by atoms with E-state index in [9.17, 15) is 13.0 Å². The van der Waals surface area contributed by atoms with Gasteiger partial charge >= 0.3 is 0 Å². The molecule has 2 rings (SSSR count). The van der Waals surface area contributed by atoms with Crippen LogP contribution < -0.4 is 0 Å². The van der Waals surface area contributed by atoms with Gasteiger partial charge in [-0.3, -0.25) is 4.55 Å². The van der Waals surface area contributed by atoms with Crippen LogP contribution >= 0.6 is 0 Å². The molecule has 0 saturated carbocycles. The van der Waals surface area contributed by atoms with Gasteiger partial charge in [0, 0.05) is 0 Å². The Bertz CT molecular complexity index is 831. The number of benzene rings is 2. The molecule has 0 aliphatic rings. The van der Waals surface area contributed by atoms with Gasteiger partial charge in [-0.15, -0.1) is 0 Å². The Morgan fingerprint density at radius 1 is 0.826 bits per heavy atom. The second-order valence-electron chi connectivity index (χ2n) is 7.12. The average molecular weight is 334 g/mol. The molecule has 126 valence electrons. The van der Waals surface area contributed by atoms with E-state index in [1.165, 1.54) is 0 Å². The third-order valence-corrected chi connectivity index (χ3v) is 5.20. The van der Waals surface area contributed by atoms with E-state index in [2.05, 4.69) is 39.8 Å². The molecule has 0 unspecified atom stereocenters. The first-order valence-electron chi connectivity index (χ1n) is 8.12. The van der Waals surface area contributed by atoms with Gasteiger partial charge in [0.1, 0.15) is 0 Å². The highest BCUT2D eigenvalue weighted by Crippen LogP contribution is 2.38. The molecule has 0 spiro atoms. The van der Waals surface area contributed by atoms with Crippen molar-refractivity contribution in [3.05, 3.63) is 41.0 Å². The minimum atomic E-state index is -4.26. The highest BCUT2D eigenvalue weighted by Gasteiger charge is 2.24. The highest BCUT2D eigenvalue weighted by atomic mass is 32.2. The SMILES string of the molecule is CC(C)c1ccc2c(C(C)C)c(C(C)C)c(S(=O)(=O)O)cc2c1. The lowest BCUT2D eigenvalue weighted by Gasteiger charge is -2.22. The predicted molar refractivity (Wildman–Crippen MR) is 96.0 cm³/mol. The molecule has 0 radical (unpaired) electrons. The van der Waals surface area contributed by atoms with Gasteiger partial charge in [-0.1, -0.05) is 59.7 Å². The molecule has 0 aromatic heterocycles. The summed E-state index contributed by atoms with van der Waals surface area (Å²) >= 11 is 0. The molecular formula is C19H26O3S. The molecule has 0 amide bonds. The Morgan fingerprint density at radius 2 is 1.39 bits per heavy atom. The lowest BCUT2D eigenvalue weighted by Crippen LogP contribution is -2.10. The van der Waals surface area contributed by atoms with Gasteiger partial charge in [0.05, 0.1) is 4.90 Å². The van der Waals surface area contributed by atoms with Gasteiger partial charge < -0.3 is 0 Å². The van der Waals surface area contributed by atoms with Crippen molar-refractivity contribution in [2.24, 2.45) is 0 Å². The summed E-state index contributed by atoms with van der Waals surface area (Å²) < 4.78 is 33.6. The lowest BCUT2D eigenvalue weighted by atomic mass is 9.85. The first kappa shape index (κ1) is 18.0. The number of fused-ring (bicyclic) bond motifs is 1. The summed E-state index contributed by atoms with van der Waals surface area (Å²) in [5.74, 6) is 0.542. The van der Waals surface area contributed by atoms with Crippen molar-refractivity contribution in [1.29, 1.82) is 0 Å². The summed E-state index contributed by atoms with van der Waals surface area (Å²) in [6.45, 7) is 12.3. The van der Waals surface area contributed by atoms with Gasteiger partial charge in [-0.05, 0) is 51.3 Å². The van der Waals surface area contributed by atoms with Gasteiger partial charge in [0.15, 0.2) is 0 Å². The van der Waals surface area contributed by atoms with Crippen molar-refractivity contribution in [3.63, 3.8) is 0 Å². The lowest BCUT2D eigenvalue weighted by molar-refractivity contribution is 0.481. The van der Waals surface area contributed by atoms with Crippen molar-refractivity contribution in [1.82, 2.24) is 0 Å². The standard InChI is InChI=1S/C19H26O3S/c1-11(2)14-7-8-16-15(9-14)10-17(23(20,21)22)19(13(5)6)18(16)12(3)4/h7-13H,1-6H3,(H,20,21,22). The van der Waals surface area contributed by atoms with E-state index >= 15 is 0 Å². The van der Waals surface area contributed by atoms with E-state index in [1.807, 2.05) is 19.9 Å². The fourth-order valence-electron chi connectivity index (χ4n) is 3.23. The molecule has 0 atom stereocenters. The molecule has 1 N–H and O–H groups in total. The average Bonchev–Trinajstić information content (AvgIpc) is 2.42. The molecule has 0 aliphatic heterocycles. The van der Waals surface area contributed by atoms with Crippen molar-refractivity contribution in [2.45, 2.75) is 64.2 Å². The Labute approximate surface area is 139 Å². The van der Waals surface area contributed by atoms with Gasteiger partial charge in [0.2, 0.25) is 0 Å². The molecule has 3 nitrogen and oxygen atoms in total. The van der Waals surface area contributed by atoms with Crippen LogP contribution in [0.1, 0.15) is 76.0 Å². The van der Waals surface area contributed by atoms with Crippen LogP contribution in [0, 0.1) is 0 Å². The van der Waals surface area contributed by atoms with Crippen LogP contribution in [0.2, 0.25) is 0 Å². The fraction of sp³-hybridized carbons (Fsp3) is 0.474. The van der Waals surface area contributed by atoms with E-state index < -0.39 is 10.1 Å². The van der Waals surface area contributed by atoms with Gasteiger partial charge in [-0.2, -0.15) is 8.42 Å². The summed E-state index contributed by atoms with van der Waals surface area (Å²) in [5.41, 5.74) is 2.90. The summed E-state index contributed by atoms with van der Waals surface area (Å²) in [5, 5.41) is 1.94. The third-order valence-electron chi connectivity index (χ3n) is 4.31. The van der Waals surface area contributed by atoms with Crippen LogP contribution in [0.4, 0.5) is 0 Å². The number of hydrogen-bond donors (Lipinski definition) is 1. The quantitative estimate of drug-likeness (QED) is 0.756. The zero-order valence-electron chi connectivity index (χ0n) is 14.7. The normalized spacial score (nSPS) is 12.8. The zero-order valence-corrected chi connectivity index (χ0v) is 15.5. The van der Waals surface area contributed by atoms with Crippen LogP contribution in [0.3, 0.4) is 0 Å². The molecular weight excluding hydrogens is 308 g/mol.